The lowest BCUT2D eigenvalue weighted by Gasteiger charge is -2.32. The minimum absolute atomic E-state index is 0.0294. The van der Waals surface area contributed by atoms with Crippen LogP contribution in [0.4, 0.5) is 0 Å². The average Bonchev–Trinajstić information content (AvgIpc) is 2.76. The molecule has 28 heavy (non-hydrogen) atoms. The van der Waals surface area contributed by atoms with Crippen LogP contribution in [-0.4, -0.2) is 49.5 Å². The van der Waals surface area contributed by atoms with Crippen molar-refractivity contribution in [3.63, 3.8) is 0 Å². The second kappa shape index (κ2) is 9.90. The van der Waals surface area contributed by atoms with Crippen LogP contribution in [0.15, 0.2) is 54.6 Å². The first kappa shape index (κ1) is 19.9. The molecule has 1 atom stereocenters. The lowest BCUT2D eigenvalue weighted by Crippen LogP contribution is -2.47. The van der Waals surface area contributed by atoms with Gasteiger partial charge in [-0.1, -0.05) is 48.5 Å². The standard InChI is InChI=1S/C22H27N3O3/c23-12-13-24-22(27)18-9-6-14-25(15-18)21(26)16-28-20-11-5-4-10-19(20)17-7-2-1-3-8-17/h1-5,7-8,10-11,18H,6,9,12-16,23H2,(H,24,27). The van der Waals surface area contributed by atoms with Gasteiger partial charge in [-0.3, -0.25) is 9.59 Å². The summed E-state index contributed by atoms with van der Waals surface area (Å²) in [6.07, 6.45) is 1.60. The van der Waals surface area contributed by atoms with E-state index in [4.69, 9.17) is 10.5 Å². The molecule has 3 rings (SSSR count). The fraction of sp³-hybridized carbons (Fsp3) is 0.364. The van der Waals surface area contributed by atoms with Crippen molar-refractivity contribution in [1.82, 2.24) is 10.2 Å². The molecule has 3 N–H and O–H groups in total. The Morgan fingerprint density at radius 2 is 1.86 bits per heavy atom. The second-order valence-electron chi connectivity index (χ2n) is 6.91. The van der Waals surface area contributed by atoms with Crippen molar-refractivity contribution in [2.24, 2.45) is 11.7 Å². The first-order chi connectivity index (χ1) is 13.7. The molecule has 148 valence electrons. The van der Waals surface area contributed by atoms with Crippen molar-refractivity contribution in [3.05, 3.63) is 54.6 Å². The molecule has 0 aromatic heterocycles. The topological polar surface area (TPSA) is 84.7 Å². The number of carbonyl (C=O) groups is 2. The van der Waals surface area contributed by atoms with Crippen molar-refractivity contribution in [1.29, 1.82) is 0 Å². The number of nitrogens with zero attached hydrogens (tertiary/aromatic N) is 1. The maximum Gasteiger partial charge on any atom is 0.260 e. The van der Waals surface area contributed by atoms with E-state index >= 15 is 0 Å². The number of nitrogens with one attached hydrogen (secondary N) is 1. The van der Waals surface area contributed by atoms with Crippen LogP contribution in [0.2, 0.25) is 0 Å². The smallest absolute Gasteiger partial charge is 0.260 e. The molecule has 0 saturated carbocycles. The summed E-state index contributed by atoms with van der Waals surface area (Å²) in [7, 11) is 0. The summed E-state index contributed by atoms with van der Waals surface area (Å²) in [5, 5.41) is 2.81. The molecular weight excluding hydrogens is 354 g/mol. The highest BCUT2D eigenvalue weighted by Gasteiger charge is 2.28. The molecule has 1 saturated heterocycles. The van der Waals surface area contributed by atoms with Crippen LogP contribution in [0.5, 0.6) is 5.75 Å². The fourth-order valence-electron chi connectivity index (χ4n) is 3.44. The Morgan fingerprint density at radius 1 is 1.11 bits per heavy atom. The number of likely N-dealkylation sites (tertiary alicyclic amines) is 1. The van der Waals surface area contributed by atoms with Crippen LogP contribution in [0.3, 0.4) is 0 Å². The Balaban J connectivity index is 1.59. The number of piperidine rings is 1. The third kappa shape index (κ3) is 5.10. The average molecular weight is 381 g/mol. The molecule has 1 heterocycles. The Morgan fingerprint density at radius 3 is 2.64 bits per heavy atom. The second-order valence-corrected chi connectivity index (χ2v) is 6.91. The highest BCUT2D eigenvalue weighted by Crippen LogP contribution is 2.29. The minimum atomic E-state index is -0.180. The number of amides is 2. The van der Waals surface area contributed by atoms with Crippen LogP contribution in [0.1, 0.15) is 12.8 Å². The molecule has 0 radical (unpaired) electrons. The van der Waals surface area contributed by atoms with Gasteiger partial charge in [0.2, 0.25) is 5.91 Å². The number of nitrogens with two attached hydrogens (primary N) is 1. The summed E-state index contributed by atoms with van der Waals surface area (Å²) in [4.78, 5) is 26.5. The highest BCUT2D eigenvalue weighted by atomic mass is 16.5. The molecular formula is C22H27N3O3. The number of para-hydroxylation sites is 1. The highest BCUT2D eigenvalue weighted by molar-refractivity contribution is 5.82. The van der Waals surface area contributed by atoms with E-state index in [2.05, 4.69) is 5.32 Å². The largest absolute Gasteiger partial charge is 0.483 e. The first-order valence-electron chi connectivity index (χ1n) is 9.72. The number of ether oxygens (including phenoxy) is 1. The molecule has 1 aliphatic heterocycles. The fourth-order valence-corrected chi connectivity index (χ4v) is 3.44. The van der Waals surface area contributed by atoms with Gasteiger partial charge < -0.3 is 20.7 Å². The molecule has 0 bridgehead atoms. The van der Waals surface area contributed by atoms with Gasteiger partial charge in [0, 0.05) is 31.7 Å². The zero-order chi connectivity index (χ0) is 19.8. The van der Waals surface area contributed by atoms with E-state index in [-0.39, 0.29) is 24.3 Å². The SMILES string of the molecule is NCCNC(=O)C1CCCN(C(=O)COc2ccccc2-c2ccccc2)C1. The van der Waals surface area contributed by atoms with E-state index in [9.17, 15) is 9.59 Å². The Bertz CT molecular complexity index is 795. The molecule has 2 aromatic rings. The zero-order valence-corrected chi connectivity index (χ0v) is 16.0. The van der Waals surface area contributed by atoms with E-state index in [0.717, 1.165) is 24.0 Å². The van der Waals surface area contributed by atoms with Gasteiger partial charge in [-0.05, 0) is 24.5 Å². The Kier molecular flexibility index (Phi) is 7.03. The Labute approximate surface area is 165 Å². The van der Waals surface area contributed by atoms with Gasteiger partial charge >= 0.3 is 0 Å². The van der Waals surface area contributed by atoms with Crippen molar-refractivity contribution in [2.75, 3.05) is 32.8 Å². The minimum Gasteiger partial charge on any atom is -0.483 e. The Hall–Kier alpha value is -2.86. The predicted octanol–water partition coefficient (Wildman–Crippen LogP) is 2.05. The summed E-state index contributed by atoms with van der Waals surface area (Å²) in [6.45, 7) is 1.92. The number of hydrogen-bond acceptors (Lipinski definition) is 4. The summed E-state index contributed by atoms with van der Waals surface area (Å²) in [6, 6.07) is 17.6. The molecule has 0 spiro atoms. The van der Waals surface area contributed by atoms with E-state index < -0.39 is 0 Å². The predicted molar refractivity (Wildman–Crippen MR) is 109 cm³/mol. The van der Waals surface area contributed by atoms with Gasteiger partial charge in [-0.15, -0.1) is 0 Å². The molecule has 0 aliphatic carbocycles. The summed E-state index contributed by atoms with van der Waals surface area (Å²) < 4.78 is 5.86. The zero-order valence-electron chi connectivity index (χ0n) is 16.0. The third-order valence-corrected chi connectivity index (χ3v) is 4.91. The van der Waals surface area contributed by atoms with Crippen LogP contribution in [0, 0.1) is 5.92 Å². The number of benzene rings is 2. The van der Waals surface area contributed by atoms with Crippen LogP contribution >= 0.6 is 0 Å². The summed E-state index contributed by atoms with van der Waals surface area (Å²) in [5.74, 6) is 0.370. The maximum absolute atomic E-state index is 12.7. The first-order valence-corrected chi connectivity index (χ1v) is 9.72. The van der Waals surface area contributed by atoms with Gasteiger partial charge in [0.05, 0.1) is 5.92 Å². The molecule has 1 aliphatic rings. The number of rotatable bonds is 7. The van der Waals surface area contributed by atoms with Crippen molar-refractivity contribution in [3.8, 4) is 16.9 Å². The van der Waals surface area contributed by atoms with E-state index in [1.54, 1.807) is 4.90 Å². The van der Waals surface area contributed by atoms with Crippen LogP contribution < -0.4 is 15.8 Å². The van der Waals surface area contributed by atoms with Gasteiger partial charge in [0.15, 0.2) is 6.61 Å². The third-order valence-electron chi connectivity index (χ3n) is 4.91. The summed E-state index contributed by atoms with van der Waals surface area (Å²) >= 11 is 0. The molecule has 6 heteroatoms. The van der Waals surface area contributed by atoms with Crippen molar-refractivity contribution >= 4 is 11.8 Å². The van der Waals surface area contributed by atoms with Crippen molar-refractivity contribution in [2.45, 2.75) is 12.8 Å². The van der Waals surface area contributed by atoms with Crippen LogP contribution in [-0.2, 0) is 9.59 Å². The lowest BCUT2D eigenvalue weighted by molar-refractivity contribution is -0.137. The van der Waals surface area contributed by atoms with Crippen LogP contribution in [0.25, 0.3) is 11.1 Å². The molecule has 1 fully saturated rings. The molecule has 1 unspecified atom stereocenters. The monoisotopic (exact) mass is 381 g/mol. The van der Waals surface area contributed by atoms with E-state index in [0.29, 0.717) is 31.9 Å². The molecule has 6 nitrogen and oxygen atoms in total. The van der Waals surface area contributed by atoms with Gasteiger partial charge in [-0.2, -0.15) is 0 Å². The van der Waals surface area contributed by atoms with E-state index in [1.807, 2.05) is 54.6 Å². The van der Waals surface area contributed by atoms with Gasteiger partial charge in [0.1, 0.15) is 5.75 Å². The quantitative estimate of drug-likeness (QED) is 0.769. The number of hydrogen-bond donors (Lipinski definition) is 2. The van der Waals surface area contributed by atoms with E-state index in [1.165, 1.54) is 0 Å². The molecule has 2 amide bonds. The van der Waals surface area contributed by atoms with Gasteiger partial charge in [-0.25, -0.2) is 0 Å². The lowest BCUT2D eigenvalue weighted by atomic mass is 9.97. The number of carbonyl (C=O) groups excluding carboxylic acids is 2. The summed E-state index contributed by atoms with van der Waals surface area (Å²) in [5.41, 5.74) is 7.43. The maximum atomic E-state index is 12.7. The van der Waals surface area contributed by atoms with Gasteiger partial charge in [0.25, 0.3) is 5.91 Å². The molecule has 2 aromatic carbocycles. The van der Waals surface area contributed by atoms with Crippen molar-refractivity contribution < 1.29 is 14.3 Å². The normalized spacial score (nSPS) is 16.5.